The van der Waals surface area contributed by atoms with Crippen LogP contribution >= 0.6 is 0 Å². The zero-order valence-corrected chi connectivity index (χ0v) is 21.2. The SMILES string of the molecule is Cc1nc2ncnc(-c3cccnc3Nc3cc(NC(=O)N4CCCO4)ccc3C)c2[nH]1.c1ccccc1. The number of hydrogen-bond acceptors (Lipinski definition) is 7. The molecule has 0 bridgehead atoms. The summed E-state index contributed by atoms with van der Waals surface area (Å²) in [5.41, 5.74) is 5.35. The number of pyridine rings is 1. The second-order valence-corrected chi connectivity index (χ2v) is 8.67. The van der Waals surface area contributed by atoms with Crippen LogP contribution in [0.4, 0.5) is 22.0 Å². The summed E-state index contributed by atoms with van der Waals surface area (Å²) in [6, 6.07) is 21.2. The molecule has 2 aromatic carbocycles. The summed E-state index contributed by atoms with van der Waals surface area (Å²) in [5, 5.41) is 7.61. The maximum absolute atomic E-state index is 12.4. The number of carbonyl (C=O) groups excluding carboxylic acids is 1. The summed E-state index contributed by atoms with van der Waals surface area (Å²) in [5.74, 6) is 1.40. The standard InChI is InChI=1S/C22H22N8O2.C6H6/c1-13-6-7-15(28-22(31)30-9-4-10-32-30)11-17(13)29-20-16(5-3-8-23-20)18-19-21(25-12-24-18)27-14(2)26-19;1-2-4-6-5-3-1/h3,5-8,11-12H,4,9-10H2,1-2H3,(H,23,29)(H,28,31)(H,24,25,26,27);1-6H. The number of aromatic nitrogens is 5. The Morgan fingerprint density at radius 2 is 1.79 bits per heavy atom. The first kappa shape index (κ1) is 24.8. The number of aromatic amines is 1. The monoisotopic (exact) mass is 508 g/mol. The van der Waals surface area contributed by atoms with E-state index >= 15 is 0 Å². The fraction of sp³-hybridized carbons (Fsp3) is 0.179. The van der Waals surface area contributed by atoms with Gasteiger partial charge >= 0.3 is 6.03 Å². The van der Waals surface area contributed by atoms with Crippen molar-refractivity contribution in [3.8, 4) is 11.3 Å². The summed E-state index contributed by atoms with van der Waals surface area (Å²) in [6.45, 7) is 5.01. The fourth-order valence-electron chi connectivity index (χ4n) is 3.98. The molecule has 4 heterocycles. The van der Waals surface area contributed by atoms with Gasteiger partial charge in [0.1, 0.15) is 29.2 Å². The lowest BCUT2D eigenvalue weighted by Crippen LogP contribution is -2.31. The van der Waals surface area contributed by atoms with Crippen molar-refractivity contribution in [1.29, 1.82) is 0 Å². The van der Waals surface area contributed by atoms with E-state index in [0.29, 0.717) is 36.0 Å². The summed E-state index contributed by atoms with van der Waals surface area (Å²) in [4.78, 5) is 38.6. The van der Waals surface area contributed by atoms with Crippen LogP contribution in [0.1, 0.15) is 17.8 Å². The highest BCUT2D eigenvalue weighted by molar-refractivity contribution is 5.92. The zero-order valence-electron chi connectivity index (χ0n) is 21.2. The number of benzene rings is 2. The summed E-state index contributed by atoms with van der Waals surface area (Å²) < 4.78 is 0. The Morgan fingerprint density at radius 1 is 1.00 bits per heavy atom. The molecule has 5 aromatic rings. The van der Waals surface area contributed by atoms with Gasteiger partial charge in [-0.05, 0) is 50.1 Å². The molecule has 192 valence electrons. The number of rotatable bonds is 4. The number of H-pyrrole nitrogens is 1. The van der Waals surface area contributed by atoms with E-state index in [0.717, 1.165) is 34.6 Å². The van der Waals surface area contributed by atoms with Gasteiger partial charge in [0.25, 0.3) is 0 Å². The van der Waals surface area contributed by atoms with Gasteiger partial charge in [-0.3, -0.25) is 4.84 Å². The molecule has 0 spiro atoms. The molecule has 10 nitrogen and oxygen atoms in total. The number of amides is 2. The van der Waals surface area contributed by atoms with Gasteiger partial charge in [0.2, 0.25) is 0 Å². The molecule has 3 N–H and O–H groups in total. The van der Waals surface area contributed by atoms with Crippen LogP contribution in [0.15, 0.2) is 79.3 Å². The molecule has 0 unspecified atom stereocenters. The Bertz CT molecular complexity index is 1500. The highest BCUT2D eigenvalue weighted by atomic mass is 16.7. The smallest absolute Gasteiger partial charge is 0.339 e. The quantitative estimate of drug-likeness (QED) is 0.288. The summed E-state index contributed by atoms with van der Waals surface area (Å²) in [7, 11) is 0. The van der Waals surface area contributed by atoms with E-state index in [1.54, 1.807) is 6.20 Å². The van der Waals surface area contributed by atoms with Crippen molar-refractivity contribution in [1.82, 2.24) is 30.0 Å². The second-order valence-electron chi connectivity index (χ2n) is 8.67. The molecule has 10 heteroatoms. The van der Waals surface area contributed by atoms with Gasteiger partial charge in [-0.15, -0.1) is 0 Å². The first-order valence-electron chi connectivity index (χ1n) is 12.3. The zero-order chi connectivity index (χ0) is 26.3. The molecule has 38 heavy (non-hydrogen) atoms. The minimum absolute atomic E-state index is 0.283. The van der Waals surface area contributed by atoms with Crippen LogP contribution in [-0.4, -0.2) is 49.2 Å². The molecular weight excluding hydrogens is 480 g/mol. The van der Waals surface area contributed by atoms with Gasteiger partial charge in [0.05, 0.1) is 13.2 Å². The van der Waals surface area contributed by atoms with Gasteiger partial charge in [-0.25, -0.2) is 29.8 Å². The number of anilines is 3. The minimum atomic E-state index is -0.283. The fourth-order valence-corrected chi connectivity index (χ4v) is 3.98. The number of aryl methyl sites for hydroxylation is 2. The van der Waals surface area contributed by atoms with Crippen molar-refractivity contribution in [2.24, 2.45) is 0 Å². The summed E-state index contributed by atoms with van der Waals surface area (Å²) in [6.07, 6.45) is 4.05. The molecule has 2 amide bonds. The Kier molecular flexibility index (Phi) is 7.51. The number of urea groups is 1. The van der Waals surface area contributed by atoms with Crippen LogP contribution in [0, 0.1) is 13.8 Å². The Morgan fingerprint density at radius 3 is 2.53 bits per heavy atom. The third-order valence-electron chi connectivity index (χ3n) is 5.86. The van der Waals surface area contributed by atoms with Crippen molar-refractivity contribution in [3.05, 3.63) is 90.6 Å². The van der Waals surface area contributed by atoms with E-state index in [2.05, 4.69) is 35.6 Å². The lowest BCUT2D eigenvalue weighted by molar-refractivity contribution is -0.0614. The second kappa shape index (κ2) is 11.5. The highest BCUT2D eigenvalue weighted by Crippen LogP contribution is 2.32. The third-order valence-corrected chi connectivity index (χ3v) is 5.86. The molecule has 0 radical (unpaired) electrons. The lowest BCUT2D eigenvalue weighted by atomic mass is 10.1. The number of nitrogens with one attached hydrogen (secondary N) is 3. The molecule has 3 aromatic heterocycles. The number of fused-ring (bicyclic) bond motifs is 1. The van der Waals surface area contributed by atoms with Crippen molar-refractivity contribution >= 4 is 34.4 Å². The minimum Gasteiger partial charge on any atom is -0.339 e. The lowest BCUT2D eigenvalue weighted by Gasteiger charge is -2.17. The molecule has 1 saturated heterocycles. The number of hydroxylamine groups is 2. The van der Waals surface area contributed by atoms with Crippen molar-refractivity contribution in [2.45, 2.75) is 20.3 Å². The number of nitrogens with zero attached hydrogens (tertiary/aromatic N) is 5. The molecule has 0 atom stereocenters. The predicted octanol–water partition coefficient (Wildman–Crippen LogP) is 5.63. The van der Waals surface area contributed by atoms with Gasteiger partial charge in [0, 0.05) is 23.1 Å². The van der Waals surface area contributed by atoms with Crippen LogP contribution in [0.2, 0.25) is 0 Å². The molecule has 1 aliphatic rings. The number of hydrogen-bond donors (Lipinski definition) is 3. The first-order chi connectivity index (χ1) is 18.6. The van der Waals surface area contributed by atoms with Gasteiger partial charge in [0.15, 0.2) is 5.65 Å². The van der Waals surface area contributed by atoms with Gasteiger partial charge < -0.3 is 15.6 Å². The average Bonchev–Trinajstić information content (AvgIpc) is 3.62. The van der Waals surface area contributed by atoms with E-state index in [9.17, 15) is 4.79 Å². The summed E-state index contributed by atoms with van der Waals surface area (Å²) >= 11 is 0. The Balaban J connectivity index is 0.000000433. The maximum atomic E-state index is 12.4. The van der Waals surface area contributed by atoms with E-state index in [4.69, 9.17) is 4.84 Å². The first-order valence-corrected chi connectivity index (χ1v) is 12.3. The third kappa shape index (κ3) is 5.76. The molecule has 0 aliphatic carbocycles. The molecule has 1 fully saturated rings. The molecule has 1 aliphatic heterocycles. The largest absolute Gasteiger partial charge is 0.345 e. The van der Waals surface area contributed by atoms with Crippen molar-refractivity contribution in [2.75, 3.05) is 23.8 Å². The van der Waals surface area contributed by atoms with E-state index in [-0.39, 0.29) is 6.03 Å². The molecule has 0 saturated carbocycles. The van der Waals surface area contributed by atoms with Gasteiger partial charge in [-0.1, -0.05) is 42.5 Å². The predicted molar refractivity (Wildman–Crippen MR) is 147 cm³/mol. The number of imidazole rings is 1. The Labute approximate surface area is 220 Å². The van der Waals surface area contributed by atoms with E-state index in [1.807, 2.05) is 80.6 Å². The van der Waals surface area contributed by atoms with Crippen molar-refractivity contribution in [3.63, 3.8) is 0 Å². The van der Waals surface area contributed by atoms with Crippen LogP contribution in [0.3, 0.4) is 0 Å². The molecule has 6 rings (SSSR count). The Hall–Kier alpha value is -4.83. The normalized spacial score (nSPS) is 12.6. The average molecular weight is 509 g/mol. The van der Waals surface area contributed by atoms with Crippen LogP contribution in [-0.2, 0) is 4.84 Å². The molecular formula is C28H28N8O2. The number of carbonyl (C=O) groups is 1. The van der Waals surface area contributed by atoms with Crippen LogP contribution < -0.4 is 10.6 Å². The van der Waals surface area contributed by atoms with E-state index < -0.39 is 0 Å². The highest BCUT2D eigenvalue weighted by Gasteiger charge is 2.20. The van der Waals surface area contributed by atoms with Crippen LogP contribution in [0.25, 0.3) is 22.4 Å². The van der Waals surface area contributed by atoms with Gasteiger partial charge in [-0.2, -0.15) is 0 Å². The van der Waals surface area contributed by atoms with Crippen molar-refractivity contribution < 1.29 is 9.63 Å². The van der Waals surface area contributed by atoms with Crippen LogP contribution in [0.5, 0.6) is 0 Å². The maximum Gasteiger partial charge on any atom is 0.345 e. The topological polar surface area (TPSA) is 121 Å². The van der Waals surface area contributed by atoms with E-state index in [1.165, 1.54) is 11.4 Å².